The van der Waals surface area contributed by atoms with Crippen LogP contribution in [0, 0.1) is 0 Å². The van der Waals surface area contributed by atoms with Crippen molar-refractivity contribution in [3.63, 3.8) is 0 Å². The van der Waals surface area contributed by atoms with Crippen LogP contribution in [0.2, 0.25) is 29.9 Å². The maximum atomic E-state index is 5.28. The Bertz CT molecular complexity index is 509. The first-order chi connectivity index (χ1) is 13.2. The molecule has 164 valence electrons. The van der Waals surface area contributed by atoms with Crippen LogP contribution in [0.15, 0.2) is 6.20 Å². The third kappa shape index (κ3) is 5.87. The first-order valence-corrected chi connectivity index (χ1v) is 22.7. The van der Waals surface area contributed by atoms with Gasteiger partial charge < -0.3 is 0 Å². The molecule has 0 atom stereocenters. The summed E-state index contributed by atoms with van der Waals surface area (Å²) in [4.78, 5) is 5.28. The summed E-state index contributed by atoms with van der Waals surface area (Å²) in [5.41, 5.74) is 2.29. The molecule has 0 unspecified atom stereocenters. The quantitative estimate of drug-likeness (QED) is 0.222. The summed E-state index contributed by atoms with van der Waals surface area (Å²) in [6, 6.07) is 0. The summed E-state index contributed by atoms with van der Waals surface area (Å²) in [5, 5.41) is 0. The molecule has 1 heterocycles. The van der Waals surface area contributed by atoms with Crippen LogP contribution in [0.25, 0.3) is 0 Å². The molecule has 0 saturated carbocycles. The number of rotatable bonds is 14. The Morgan fingerprint density at radius 3 is 1.50 bits per heavy atom. The summed E-state index contributed by atoms with van der Waals surface area (Å²) in [7, 11) is -1.61. The fourth-order valence-corrected chi connectivity index (χ4v) is 35.0. The van der Waals surface area contributed by atoms with Crippen molar-refractivity contribution < 1.29 is 0 Å². The molecule has 0 saturated heterocycles. The Labute approximate surface area is 186 Å². The number of aromatic nitrogens is 1. The standard InChI is InChI=1S/C12H22NSSi.3C4H9.Sn/c1-9(2)15(10(3)4,11(5)6)12-13-7-8-14-12;3*1-3-4-2;/h7,9-11H,1-6H3;3*1,3-4H2,2H3;. The predicted molar refractivity (Wildman–Crippen MR) is 137 cm³/mol. The zero-order chi connectivity index (χ0) is 21.4. The zero-order valence-corrected chi connectivity index (χ0v) is 25.2. The van der Waals surface area contributed by atoms with Crippen molar-refractivity contribution in [3.8, 4) is 0 Å². The van der Waals surface area contributed by atoms with Gasteiger partial charge in [-0.25, -0.2) is 0 Å². The van der Waals surface area contributed by atoms with Crippen LogP contribution in [-0.4, -0.2) is 31.4 Å². The summed E-state index contributed by atoms with van der Waals surface area (Å²) < 4.78 is 8.11. The SMILES string of the molecule is CCC[CH2][Sn]([CH2]CCC)([CH2]CCC)[c]1cnc([Si](C(C)C)(C(C)C)C(C)C)s1. The van der Waals surface area contributed by atoms with Gasteiger partial charge in [-0.2, -0.15) is 0 Å². The van der Waals surface area contributed by atoms with Crippen LogP contribution in [0.4, 0.5) is 0 Å². The Hall–Kier alpha value is 0.646. The van der Waals surface area contributed by atoms with Gasteiger partial charge in [0.15, 0.2) is 0 Å². The van der Waals surface area contributed by atoms with Gasteiger partial charge in [-0.05, 0) is 0 Å². The molecular formula is C24H49NSSiSn. The van der Waals surface area contributed by atoms with Gasteiger partial charge in [0.05, 0.1) is 0 Å². The van der Waals surface area contributed by atoms with E-state index in [9.17, 15) is 0 Å². The Balaban J connectivity index is 3.46. The zero-order valence-electron chi connectivity index (χ0n) is 20.5. The molecular weight excluding hydrogens is 481 g/mol. The average Bonchev–Trinajstić information content (AvgIpc) is 3.11. The van der Waals surface area contributed by atoms with E-state index in [-0.39, 0.29) is 0 Å². The van der Waals surface area contributed by atoms with Crippen LogP contribution in [0.3, 0.4) is 0 Å². The van der Waals surface area contributed by atoms with E-state index in [1.165, 1.54) is 38.5 Å². The monoisotopic (exact) mass is 531 g/mol. The van der Waals surface area contributed by atoms with Gasteiger partial charge in [0.25, 0.3) is 0 Å². The molecule has 0 aromatic carbocycles. The van der Waals surface area contributed by atoms with Gasteiger partial charge >= 0.3 is 187 Å². The van der Waals surface area contributed by atoms with Gasteiger partial charge in [0.2, 0.25) is 0 Å². The molecule has 0 amide bonds. The number of hydrogen-bond acceptors (Lipinski definition) is 2. The van der Waals surface area contributed by atoms with Crippen LogP contribution >= 0.6 is 11.3 Å². The van der Waals surface area contributed by atoms with Crippen molar-refractivity contribution in [1.29, 1.82) is 0 Å². The first-order valence-electron chi connectivity index (χ1n) is 12.2. The number of nitrogens with zero attached hydrogens (tertiary/aromatic N) is 1. The molecule has 1 aromatic rings. The van der Waals surface area contributed by atoms with Gasteiger partial charge in [-0.15, -0.1) is 0 Å². The molecule has 0 spiro atoms. The molecule has 1 rings (SSSR count). The molecule has 0 fully saturated rings. The second kappa shape index (κ2) is 12.5. The van der Waals surface area contributed by atoms with E-state index in [4.69, 9.17) is 4.98 Å². The van der Waals surface area contributed by atoms with Crippen molar-refractivity contribution in [2.75, 3.05) is 0 Å². The van der Waals surface area contributed by atoms with E-state index in [0.29, 0.717) is 0 Å². The second-order valence-electron chi connectivity index (χ2n) is 10.0. The molecule has 1 aromatic heterocycles. The Morgan fingerprint density at radius 1 is 0.786 bits per heavy atom. The Kier molecular flexibility index (Phi) is 11.9. The van der Waals surface area contributed by atoms with Gasteiger partial charge in [-0.1, -0.05) is 0 Å². The fourth-order valence-electron chi connectivity index (χ4n) is 5.75. The topological polar surface area (TPSA) is 12.9 Å². The molecule has 4 heteroatoms. The van der Waals surface area contributed by atoms with Crippen molar-refractivity contribution in [2.24, 2.45) is 0 Å². The van der Waals surface area contributed by atoms with Gasteiger partial charge in [-0.3, -0.25) is 0 Å². The van der Waals surface area contributed by atoms with Gasteiger partial charge in [0.1, 0.15) is 0 Å². The Morgan fingerprint density at radius 2 is 1.18 bits per heavy atom. The number of hydrogen-bond donors (Lipinski definition) is 0. The second-order valence-corrected chi connectivity index (χ2v) is 31.4. The van der Waals surface area contributed by atoms with Crippen LogP contribution in [-0.2, 0) is 0 Å². The maximum absolute atomic E-state index is 5.28. The summed E-state index contributed by atoms with van der Waals surface area (Å²) in [5.74, 6) is 0. The first kappa shape index (κ1) is 26.7. The van der Waals surface area contributed by atoms with Crippen LogP contribution in [0.5, 0.6) is 0 Å². The molecule has 0 aliphatic rings. The van der Waals surface area contributed by atoms with E-state index >= 15 is 0 Å². The van der Waals surface area contributed by atoms with Crippen molar-refractivity contribution in [3.05, 3.63) is 6.20 Å². The average molecular weight is 531 g/mol. The normalized spacial score (nSPS) is 13.3. The molecule has 0 N–H and O–H groups in total. The number of unbranched alkanes of at least 4 members (excludes halogenated alkanes) is 3. The van der Waals surface area contributed by atoms with Crippen molar-refractivity contribution in [1.82, 2.24) is 4.98 Å². The summed E-state index contributed by atoms with van der Waals surface area (Å²) in [6.45, 7) is 22.0. The van der Waals surface area contributed by atoms with E-state index in [1.807, 2.05) is 2.89 Å². The molecule has 1 nitrogen and oxygen atoms in total. The van der Waals surface area contributed by atoms with E-state index < -0.39 is 26.5 Å². The third-order valence-corrected chi connectivity index (χ3v) is 34.2. The fraction of sp³-hybridized carbons (Fsp3) is 0.875. The predicted octanol–water partition coefficient (Wildman–Crippen LogP) is 8.09. The molecule has 28 heavy (non-hydrogen) atoms. The van der Waals surface area contributed by atoms with Crippen molar-refractivity contribution in [2.45, 2.75) is 131 Å². The molecule has 0 bridgehead atoms. The number of thiazole rings is 1. The van der Waals surface area contributed by atoms with E-state index in [2.05, 4.69) is 79.8 Å². The summed E-state index contributed by atoms with van der Waals surface area (Å²) in [6.07, 6.45) is 10.8. The van der Waals surface area contributed by atoms with E-state index in [1.54, 1.807) is 17.9 Å². The molecule has 0 aliphatic carbocycles. The minimum atomic E-state index is -2.34. The third-order valence-electron chi connectivity index (χ3n) is 7.29. The van der Waals surface area contributed by atoms with Crippen molar-refractivity contribution >= 4 is 45.3 Å². The van der Waals surface area contributed by atoms with Gasteiger partial charge in [0, 0.05) is 0 Å². The van der Waals surface area contributed by atoms with E-state index in [0.717, 1.165) is 16.6 Å². The molecule has 0 radical (unpaired) electrons. The van der Waals surface area contributed by atoms with Crippen LogP contribution in [0.1, 0.15) is 101 Å². The molecule has 0 aliphatic heterocycles. The summed E-state index contributed by atoms with van der Waals surface area (Å²) >= 11 is -0.111. The van der Waals surface area contributed by atoms with Crippen LogP contribution < -0.4 is 7.52 Å². The minimum absolute atomic E-state index is 0.762.